The monoisotopic (exact) mass is 505 g/mol. The fraction of sp³-hybridized carbons (Fsp3) is 0.448. The molecule has 37 heavy (non-hydrogen) atoms. The summed E-state index contributed by atoms with van der Waals surface area (Å²) in [5, 5.41) is 13.9. The van der Waals surface area contributed by atoms with Crippen molar-refractivity contribution >= 4 is 22.9 Å². The van der Waals surface area contributed by atoms with Gasteiger partial charge in [0.05, 0.1) is 12.0 Å². The SMILES string of the molecule is CC.CCCNc1nc(NCc2ccc(-c3ccccn3)cc2C(C)C)c2ncn(C(C)C)c2n1.CO. The third-order valence-corrected chi connectivity index (χ3v) is 5.69. The van der Waals surface area contributed by atoms with Gasteiger partial charge in [0.1, 0.15) is 0 Å². The minimum Gasteiger partial charge on any atom is -0.400 e. The van der Waals surface area contributed by atoms with E-state index in [0.29, 0.717) is 18.4 Å². The third kappa shape index (κ3) is 7.49. The molecule has 3 N–H and O–H groups in total. The van der Waals surface area contributed by atoms with E-state index in [2.05, 4.69) is 78.0 Å². The number of pyridine rings is 1. The topological polar surface area (TPSA) is 101 Å². The highest BCUT2D eigenvalue weighted by Crippen LogP contribution is 2.28. The van der Waals surface area contributed by atoms with Gasteiger partial charge in [-0.2, -0.15) is 9.97 Å². The molecule has 0 saturated heterocycles. The minimum absolute atomic E-state index is 0.267. The van der Waals surface area contributed by atoms with Crippen LogP contribution in [0.25, 0.3) is 22.4 Å². The van der Waals surface area contributed by atoms with Crippen molar-refractivity contribution < 1.29 is 5.11 Å². The number of rotatable bonds is 9. The second-order valence-electron chi connectivity index (χ2n) is 8.88. The van der Waals surface area contributed by atoms with Gasteiger partial charge in [-0.1, -0.05) is 52.8 Å². The molecule has 0 bridgehead atoms. The normalized spacial score (nSPS) is 10.6. The van der Waals surface area contributed by atoms with E-state index in [-0.39, 0.29) is 6.04 Å². The van der Waals surface area contributed by atoms with E-state index in [1.54, 1.807) is 0 Å². The molecule has 0 fully saturated rings. The van der Waals surface area contributed by atoms with Gasteiger partial charge in [-0.15, -0.1) is 0 Å². The quantitative estimate of drug-likeness (QED) is 0.234. The number of imidazole rings is 1. The molecule has 0 radical (unpaired) electrons. The molecule has 8 heteroatoms. The molecular weight excluding hydrogens is 462 g/mol. The van der Waals surface area contributed by atoms with Crippen LogP contribution < -0.4 is 10.6 Å². The van der Waals surface area contributed by atoms with E-state index in [4.69, 9.17) is 15.1 Å². The van der Waals surface area contributed by atoms with Gasteiger partial charge < -0.3 is 20.3 Å². The van der Waals surface area contributed by atoms with Crippen molar-refractivity contribution in [1.82, 2.24) is 24.5 Å². The Labute approximate surface area is 221 Å². The molecule has 0 aliphatic rings. The van der Waals surface area contributed by atoms with Crippen LogP contribution in [0.2, 0.25) is 0 Å². The first kappa shape index (κ1) is 29.7. The van der Waals surface area contributed by atoms with Crippen LogP contribution in [0, 0.1) is 0 Å². The molecule has 4 rings (SSSR count). The molecule has 0 amide bonds. The number of benzene rings is 1. The minimum atomic E-state index is 0.267. The maximum Gasteiger partial charge on any atom is 0.226 e. The molecule has 0 unspecified atom stereocenters. The molecule has 4 aromatic rings. The first-order valence-electron chi connectivity index (χ1n) is 13.2. The molecule has 0 aliphatic carbocycles. The summed E-state index contributed by atoms with van der Waals surface area (Å²) in [5.74, 6) is 1.77. The number of hydrogen-bond donors (Lipinski definition) is 3. The van der Waals surface area contributed by atoms with Gasteiger partial charge in [-0.25, -0.2) is 4.98 Å². The summed E-state index contributed by atoms with van der Waals surface area (Å²) in [7, 11) is 1.00. The van der Waals surface area contributed by atoms with E-state index in [1.165, 1.54) is 11.1 Å². The highest BCUT2D eigenvalue weighted by atomic mass is 16.2. The zero-order valence-corrected chi connectivity index (χ0v) is 23.6. The van der Waals surface area contributed by atoms with Crippen molar-refractivity contribution in [2.24, 2.45) is 0 Å². The first-order chi connectivity index (χ1) is 18.0. The summed E-state index contributed by atoms with van der Waals surface area (Å²) < 4.78 is 2.08. The number of aliphatic hydroxyl groups is 1. The van der Waals surface area contributed by atoms with E-state index < -0.39 is 0 Å². The van der Waals surface area contributed by atoms with Crippen LogP contribution in [0.3, 0.4) is 0 Å². The first-order valence-corrected chi connectivity index (χ1v) is 13.2. The van der Waals surface area contributed by atoms with Crippen LogP contribution in [-0.2, 0) is 6.54 Å². The van der Waals surface area contributed by atoms with Gasteiger partial charge >= 0.3 is 0 Å². The Hall–Kier alpha value is -3.52. The van der Waals surface area contributed by atoms with Crippen LogP contribution in [0.15, 0.2) is 48.9 Å². The number of nitrogens with zero attached hydrogens (tertiary/aromatic N) is 5. The Balaban J connectivity index is 0.00000115. The van der Waals surface area contributed by atoms with Crippen molar-refractivity contribution in [3.8, 4) is 11.3 Å². The molecule has 0 aliphatic heterocycles. The van der Waals surface area contributed by atoms with Gasteiger partial charge in [0, 0.05) is 38.0 Å². The standard InChI is InChI=1S/C26H33N7.C2H6.CH4O/c1-6-12-28-26-31-24(23-25(32-26)33(16-30-23)18(4)5)29-15-20-11-10-19(14-21(20)17(2)3)22-9-7-8-13-27-22;2*1-2/h7-11,13-14,16-18H,6,12,15H2,1-5H3,(H2,28,29,31,32);1-2H3;2H,1H3. The Morgan fingerprint density at radius 1 is 0.946 bits per heavy atom. The molecule has 200 valence electrons. The molecule has 0 spiro atoms. The van der Waals surface area contributed by atoms with E-state index in [0.717, 1.165) is 48.3 Å². The Kier molecular flexibility index (Phi) is 12.0. The predicted octanol–water partition coefficient (Wildman–Crippen LogP) is 6.66. The Bertz CT molecular complexity index is 1220. The summed E-state index contributed by atoms with van der Waals surface area (Å²) >= 11 is 0. The summed E-state index contributed by atoms with van der Waals surface area (Å²) in [5.41, 5.74) is 6.30. The van der Waals surface area contributed by atoms with Crippen LogP contribution in [0.4, 0.5) is 11.8 Å². The average molecular weight is 506 g/mol. The lowest BCUT2D eigenvalue weighted by Crippen LogP contribution is -2.11. The van der Waals surface area contributed by atoms with Gasteiger partial charge in [-0.05, 0) is 55.5 Å². The van der Waals surface area contributed by atoms with Crippen LogP contribution in [0.5, 0.6) is 0 Å². The summed E-state index contributed by atoms with van der Waals surface area (Å²) in [6.07, 6.45) is 4.69. The van der Waals surface area contributed by atoms with Crippen molar-refractivity contribution in [1.29, 1.82) is 0 Å². The number of aromatic nitrogens is 5. The highest BCUT2D eigenvalue weighted by molar-refractivity contribution is 5.84. The molecule has 3 heterocycles. The Morgan fingerprint density at radius 2 is 1.70 bits per heavy atom. The van der Waals surface area contributed by atoms with E-state index >= 15 is 0 Å². The van der Waals surface area contributed by atoms with Crippen LogP contribution in [-0.4, -0.2) is 43.3 Å². The lowest BCUT2D eigenvalue weighted by molar-refractivity contribution is 0.399. The lowest BCUT2D eigenvalue weighted by Gasteiger charge is -2.16. The largest absolute Gasteiger partial charge is 0.400 e. The highest BCUT2D eigenvalue weighted by Gasteiger charge is 2.16. The smallest absolute Gasteiger partial charge is 0.226 e. The van der Waals surface area contributed by atoms with Gasteiger partial charge in [0.15, 0.2) is 17.0 Å². The summed E-state index contributed by atoms with van der Waals surface area (Å²) in [6, 6.07) is 12.9. The molecule has 0 saturated carbocycles. The second kappa shape index (κ2) is 14.9. The number of nitrogens with one attached hydrogen (secondary N) is 2. The van der Waals surface area contributed by atoms with Crippen molar-refractivity contribution in [2.45, 2.75) is 73.4 Å². The molecule has 1 aromatic carbocycles. The lowest BCUT2D eigenvalue weighted by atomic mass is 9.94. The molecule has 3 aromatic heterocycles. The van der Waals surface area contributed by atoms with Crippen molar-refractivity contribution in [3.05, 3.63) is 60.0 Å². The number of aliphatic hydroxyl groups excluding tert-OH is 1. The summed E-state index contributed by atoms with van der Waals surface area (Å²) in [4.78, 5) is 18.6. The fourth-order valence-corrected chi connectivity index (χ4v) is 3.90. The van der Waals surface area contributed by atoms with Gasteiger partial charge in [0.2, 0.25) is 5.95 Å². The number of anilines is 2. The average Bonchev–Trinajstić information content (AvgIpc) is 3.38. The third-order valence-electron chi connectivity index (χ3n) is 5.69. The van der Waals surface area contributed by atoms with E-state index in [9.17, 15) is 0 Å². The number of hydrogen-bond acceptors (Lipinski definition) is 7. The van der Waals surface area contributed by atoms with Crippen molar-refractivity contribution in [3.63, 3.8) is 0 Å². The Morgan fingerprint density at radius 3 is 2.32 bits per heavy atom. The molecular formula is C29H43N7O. The van der Waals surface area contributed by atoms with Crippen molar-refractivity contribution in [2.75, 3.05) is 24.3 Å². The zero-order chi connectivity index (χ0) is 27.4. The van der Waals surface area contributed by atoms with Crippen LogP contribution in [0.1, 0.15) is 78.0 Å². The summed E-state index contributed by atoms with van der Waals surface area (Å²) in [6.45, 7) is 16.3. The zero-order valence-electron chi connectivity index (χ0n) is 23.6. The van der Waals surface area contributed by atoms with E-state index in [1.807, 2.05) is 44.6 Å². The van der Waals surface area contributed by atoms with Gasteiger partial charge in [-0.3, -0.25) is 4.98 Å². The van der Waals surface area contributed by atoms with Crippen LogP contribution >= 0.6 is 0 Å². The molecule has 8 nitrogen and oxygen atoms in total. The maximum absolute atomic E-state index is 7.00. The molecule has 0 atom stereocenters. The van der Waals surface area contributed by atoms with Gasteiger partial charge in [0.25, 0.3) is 0 Å². The fourth-order valence-electron chi connectivity index (χ4n) is 3.90. The number of fused-ring (bicyclic) bond motifs is 1. The predicted molar refractivity (Wildman–Crippen MR) is 155 cm³/mol. The maximum atomic E-state index is 7.00. The second-order valence-corrected chi connectivity index (χ2v) is 8.88.